The Balaban J connectivity index is 1.53. The number of benzene rings is 3. The molecule has 1 aliphatic heterocycles. The molecule has 190 valence electrons. The number of piperidine rings is 1. The van der Waals surface area contributed by atoms with Crippen molar-refractivity contribution in [3.05, 3.63) is 83.4 Å². The first-order chi connectivity index (χ1) is 18.0. The van der Waals surface area contributed by atoms with E-state index in [2.05, 4.69) is 15.2 Å². The summed E-state index contributed by atoms with van der Waals surface area (Å²) in [5.74, 6) is 0.903. The molecular weight excluding hydrogens is 471 g/mol. The second-order valence-corrected chi connectivity index (χ2v) is 8.76. The van der Waals surface area contributed by atoms with E-state index >= 15 is 0 Å². The molecule has 0 aliphatic carbocycles. The minimum Gasteiger partial charge on any atom is -0.423 e. The highest BCUT2D eigenvalue weighted by atomic mass is 16.8. The first kappa shape index (κ1) is 26.6. The van der Waals surface area contributed by atoms with Crippen molar-refractivity contribution in [3.8, 4) is 11.5 Å². The second kappa shape index (κ2) is 13.2. The Hall–Kier alpha value is -3.47. The average Bonchev–Trinajstić information content (AvgIpc) is 2.91. The van der Waals surface area contributed by atoms with Crippen LogP contribution in [0.1, 0.15) is 36.0 Å². The highest BCUT2D eigenvalue weighted by Gasteiger charge is 2.17. The Morgan fingerprint density at radius 2 is 1.30 bits per heavy atom. The lowest BCUT2D eigenvalue weighted by Crippen LogP contribution is -2.32. The number of hydrogen-bond donors (Lipinski definition) is 4. The lowest BCUT2D eigenvalue weighted by atomic mass is 9.26. The molecule has 0 aromatic heterocycles. The van der Waals surface area contributed by atoms with Crippen LogP contribution in [0.2, 0.25) is 0 Å². The first-order valence-corrected chi connectivity index (χ1v) is 12.2. The van der Waals surface area contributed by atoms with Crippen molar-refractivity contribution in [2.45, 2.75) is 25.8 Å². The molecule has 0 saturated carbocycles. The van der Waals surface area contributed by atoms with Crippen LogP contribution < -0.4 is 20.6 Å². The van der Waals surface area contributed by atoms with Crippen LogP contribution in [0.3, 0.4) is 0 Å². The van der Waals surface area contributed by atoms with E-state index in [1.54, 1.807) is 60.7 Å². The van der Waals surface area contributed by atoms with E-state index in [0.29, 0.717) is 40.1 Å². The van der Waals surface area contributed by atoms with E-state index in [0.717, 1.165) is 31.5 Å². The highest BCUT2D eigenvalue weighted by Crippen LogP contribution is 2.27. The van der Waals surface area contributed by atoms with Crippen LogP contribution in [-0.4, -0.2) is 64.8 Å². The summed E-state index contributed by atoms with van der Waals surface area (Å²) in [4.78, 5) is 13.7. The van der Waals surface area contributed by atoms with Gasteiger partial charge in [0.1, 0.15) is 0 Å². The van der Waals surface area contributed by atoms with Crippen LogP contribution in [0.15, 0.2) is 77.0 Å². The molecule has 9 nitrogen and oxygen atoms in total. The zero-order valence-corrected chi connectivity index (χ0v) is 20.3. The summed E-state index contributed by atoms with van der Waals surface area (Å²) < 4.78 is 0. The predicted octanol–water partition coefficient (Wildman–Crippen LogP) is 0.858. The Labute approximate surface area is 216 Å². The lowest BCUT2D eigenvalue weighted by molar-refractivity contribution is 0.216. The highest BCUT2D eigenvalue weighted by molar-refractivity contribution is 6.60. The van der Waals surface area contributed by atoms with E-state index in [1.165, 1.54) is 18.9 Å². The average molecular weight is 501 g/mol. The molecule has 0 radical (unpaired) electrons. The Morgan fingerprint density at radius 3 is 1.89 bits per heavy atom. The van der Waals surface area contributed by atoms with Gasteiger partial charge in [0.05, 0.1) is 12.4 Å². The monoisotopic (exact) mass is 500 g/mol. The number of oxime groups is 2. The van der Waals surface area contributed by atoms with Crippen molar-refractivity contribution in [2.24, 2.45) is 10.3 Å². The predicted molar refractivity (Wildman–Crippen MR) is 145 cm³/mol. The van der Waals surface area contributed by atoms with E-state index in [-0.39, 0.29) is 0 Å². The molecule has 3 aromatic rings. The topological polar surface area (TPSA) is 127 Å². The summed E-state index contributed by atoms with van der Waals surface area (Å²) in [6.07, 6.45) is 6.40. The molecule has 37 heavy (non-hydrogen) atoms. The Morgan fingerprint density at radius 1 is 0.730 bits per heavy atom. The van der Waals surface area contributed by atoms with Gasteiger partial charge in [-0.05, 0) is 54.1 Å². The van der Waals surface area contributed by atoms with Crippen molar-refractivity contribution in [3.63, 3.8) is 0 Å². The van der Waals surface area contributed by atoms with Gasteiger partial charge in [0.25, 0.3) is 0 Å². The van der Waals surface area contributed by atoms with Crippen molar-refractivity contribution in [1.29, 1.82) is 0 Å². The van der Waals surface area contributed by atoms with Gasteiger partial charge in [-0.25, -0.2) is 0 Å². The van der Waals surface area contributed by atoms with Crippen LogP contribution >= 0.6 is 0 Å². The fourth-order valence-corrected chi connectivity index (χ4v) is 4.18. The quantitative estimate of drug-likeness (QED) is 0.141. The third-order valence-electron chi connectivity index (χ3n) is 6.12. The lowest BCUT2D eigenvalue weighted by Gasteiger charge is -2.26. The summed E-state index contributed by atoms with van der Waals surface area (Å²) >= 11 is 0. The maximum absolute atomic E-state index is 9.59. The molecule has 0 bridgehead atoms. The zero-order chi connectivity index (χ0) is 26.0. The Kier molecular flexibility index (Phi) is 9.47. The maximum Gasteiger partial charge on any atom is 0.489 e. The summed E-state index contributed by atoms with van der Waals surface area (Å²) in [5, 5.41) is 46.3. The van der Waals surface area contributed by atoms with Gasteiger partial charge >= 0.3 is 14.2 Å². The SMILES string of the molecule is O[10B](O)c1ccccc1/C=N/Oc1cc(O/[15N]=C/c2ccccc2[10B](O)O)ccc1CN1CCCCC1. The molecule has 1 heterocycles. The minimum atomic E-state index is -1.62. The summed E-state index contributed by atoms with van der Waals surface area (Å²) in [6.45, 7) is 2.73. The first-order valence-electron chi connectivity index (χ1n) is 12.2. The van der Waals surface area contributed by atoms with E-state index in [4.69, 9.17) is 9.68 Å². The normalized spacial score (nSPS) is 14.3. The van der Waals surface area contributed by atoms with E-state index in [1.807, 2.05) is 6.07 Å². The van der Waals surface area contributed by atoms with Gasteiger partial charge in [-0.15, -0.1) is 0 Å². The van der Waals surface area contributed by atoms with E-state index in [9.17, 15) is 20.1 Å². The molecule has 0 amide bonds. The van der Waals surface area contributed by atoms with Crippen LogP contribution in [0, 0.1) is 0 Å². The molecule has 1 fully saturated rings. The van der Waals surface area contributed by atoms with Crippen LogP contribution in [0.25, 0.3) is 0 Å². The summed E-state index contributed by atoms with van der Waals surface area (Å²) in [7, 11) is -3.24. The number of rotatable bonds is 10. The van der Waals surface area contributed by atoms with Crippen LogP contribution in [-0.2, 0) is 6.54 Å². The van der Waals surface area contributed by atoms with Gasteiger partial charge in [0.2, 0.25) is 0 Å². The smallest absolute Gasteiger partial charge is 0.423 e. The van der Waals surface area contributed by atoms with Crippen molar-refractivity contribution in [2.75, 3.05) is 13.1 Å². The van der Waals surface area contributed by atoms with Crippen LogP contribution in [0.5, 0.6) is 11.5 Å². The molecular formula is C26H29B2N3O6. The molecule has 4 N–H and O–H groups in total. The molecule has 1 aliphatic rings. The van der Waals surface area contributed by atoms with E-state index < -0.39 is 14.2 Å². The minimum absolute atomic E-state index is 0.318. The summed E-state index contributed by atoms with van der Waals surface area (Å²) in [5.41, 5.74) is 2.61. The molecule has 1 saturated heterocycles. The maximum atomic E-state index is 9.59. The third kappa shape index (κ3) is 7.51. The molecule has 11 heteroatoms. The number of hydrogen-bond acceptors (Lipinski definition) is 9. The standard InChI is InChI=1S/C26H29B2N3O6/c32-27(33)24-10-4-2-8-20(24)17-29-36-23-13-12-22(19-31-14-6-1-7-15-31)26(16-23)37-30-18-21-9-3-5-11-25(21)28(34)35/h2-5,8-13,16-18,32-35H,1,6-7,14-15,19H2/b29-17+,30-18+/i27-1,28-1,29+1. The van der Waals surface area contributed by atoms with Crippen LogP contribution in [0.4, 0.5) is 0 Å². The van der Waals surface area contributed by atoms with Gasteiger partial charge in [-0.2, -0.15) is 0 Å². The zero-order valence-electron chi connectivity index (χ0n) is 20.3. The van der Waals surface area contributed by atoms with Gasteiger partial charge in [0, 0.05) is 18.2 Å². The van der Waals surface area contributed by atoms with Gasteiger partial charge < -0.3 is 29.8 Å². The number of likely N-dealkylation sites (tertiary alicyclic amines) is 1. The van der Waals surface area contributed by atoms with Crippen molar-refractivity contribution >= 4 is 37.6 Å². The van der Waals surface area contributed by atoms with Crippen molar-refractivity contribution < 1.29 is 29.8 Å². The summed E-state index contributed by atoms with van der Waals surface area (Å²) in [6, 6.07) is 19.0. The fraction of sp³-hybridized carbons (Fsp3) is 0.231. The molecule has 4 rings (SSSR count). The molecule has 3 aromatic carbocycles. The van der Waals surface area contributed by atoms with Gasteiger partial charge in [-0.3, -0.25) is 4.90 Å². The molecule has 0 unspecified atom stereocenters. The fourth-order valence-electron chi connectivity index (χ4n) is 4.18. The van der Waals surface area contributed by atoms with Gasteiger partial charge in [0.15, 0.2) is 11.5 Å². The third-order valence-corrected chi connectivity index (χ3v) is 6.12. The van der Waals surface area contributed by atoms with Gasteiger partial charge in [-0.1, -0.05) is 71.3 Å². The number of nitrogens with zero attached hydrogens (tertiary/aromatic N) is 3. The largest absolute Gasteiger partial charge is 0.489 e. The Bertz CT molecular complexity index is 1230. The molecule has 0 atom stereocenters. The molecule has 0 spiro atoms. The van der Waals surface area contributed by atoms with Crippen molar-refractivity contribution in [1.82, 2.24) is 4.90 Å². The second-order valence-electron chi connectivity index (χ2n) is 8.76.